The smallest absolute Gasteiger partial charge is 0.267 e. The molecule has 3 aromatic heterocycles. The number of fused-ring (bicyclic) bond motifs is 16. The highest BCUT2D eigenvalue weighted by atomic mass is 16.2. The molecule has 2 aliphatic carbocycles. The normalized spacial score (nSPS) is 13.4. The van der Waals surface area contributed by atoms with Crippen molar-refractivity contribution in [3.05, 3.63) is 213 Å². The van der Waals surface area contributed by atoms with Crippen molar-refractivity contribution in [3.63, 3.8) is 0 Å². The van der Waals surface area contributed by atoms with Crippen molar-refractivity contribution in [1.29, 1.82) is 0 Å². The van der Waals surface area contributed by atoms with Crippen molar-refractivity contribution in [3.8, 4) is 33.8 Å². The minimum atomic E-state index is -0.619. The maximum absolute atomic E-state index is 15.1. The highest BCUT2D eigenvalue weighted by Gasteiger charge is 2.51. The van der Waals surface area contributed by atoms with Crippen LogP contribution in [0.25, 0.3) is 77.1 Å². The zero-order valence-corrected chi connectivity index (χ0v) is 29.3. The van der Waals surface area contributed by atoms with Gasteiger partial charge in [0.15, 0.2) is 5.82 Å². The topological polar surface area (TPSA) is 69.8 Å². The summed E-state index contributed by atoms with van der Waals surface area (Å²) in [6.07, 6.45) is 4.53. The predicted octanol–water partition coefficient (Wildman–Crippen LogP) is 9.73. The lowest BCUT2D eigenvalue weighted by Gasteiger charge is -2.30. The van der Waals surface area contributed by atoms with Gasteiger partial charge in [0.1, 0.15) is 0 Å². The fourth-order valence-electron chi connectivity index (χ4n) is 9.76. The third-order valence-electron chi connectivity index (χ3n) is 11.9. The maximum Gasteiger partial charge on any atom is 0.267 e. The number of rotatable bonds is 2. The summed E-state index contributed by atoms with van der Waals surface area (Å²) in [6.45, 7) is 0. The first kappa shape index (κ1) is 30.1. The minimum absolute atomic E-state index is 0.177. The van der Waals surface area contributed by atoms with Crippen LogP contribution in [-0.4, -0.2) is 19.1 Å². The van der Waals surface area contributed by atoms with Gasteiger partial charge in [0.05, 0.1) is 28.0 Å². The summed E-state index contributed by atoms with van der Waals surface area (Å²) in [5.41, 5.74) is 10.5. The van der Waals surface area contributed by atoms with Gasteiger partial charge in [-0.05, 0) is 97.7 Å². The van der Waals surface area contributed by atoms with E-state index < -0.39 is 16.5 Å². The minimum Gasteiger partial charge on any atom is -0.309 e. The third kappa shape index (κ3) is 3.77. The van der Waals surface area contributed by atoms with E-state index in [0.29, 0.717) is 21.5 Å². The molecule has 12 rings (SSSR count). The summed E-state index contributed by atoms with van der Waals surface area (Å²) in [5, 5.41) is 4.33. The lowest BCUT2D eigenvalue weighted by molar-refractivity contribution is 0.795. The first-order valence-electron chi connectivity index (χ1n) is 18.4. The summed E-state index contributed by atoms with van der Waals surface area (Å²) in [6, 6.07) is 52.7. The Morgan fingerprint density at radius 2 is 1.00 bits per heavy atom. The Hall–Kier alpha value is -7.44. The van der Waals surface area contributed by atoms with Crippen LogP contribution in [0.15, 0.2) is 180 Å². The molecule has 0 amide bonds. The van der Waals surface area contributed by atoms with Crippen LogP contribution < -0.4 is 11.1 Å². The van der Waals surface area contributed by atoms with Gasteiger partial charge in [0, 0.05) is 34.2 Å². The zero-order valence-electron chi connectivity index (χ0n) is 29.3. The van der Waals surface area contributed by atoms with E-state index in [4.69, 9.17) is 0 Å². The maximum atomic E-state index is 15.1. The second-order valence-corrected chi connectivity index (χ2v) is 14.4. The van der Waals surface area contributed by atoms with Crippen molar-refractivity contribution >= 4 is 43.4 Å². The van der Waals surface area contributed by atoms with Gasteiger partial charge in [0.2, 0.25) is 0 Å². The van der Waals surface area contributed by atoms with E-state index >= 15 is 9.59 Å². The van der Waals surface area contributed by atoms with Crippen LogP contribution in [-0.2, 0) is 5.41 Å². The van der Waals surface area contributed by atoms with Crippen molar-refractivity contribution < 1.29 is 0 Å². The molecule has 6 heteroatoms. The lowest BCUT2D eigenvalue weighted by atomic mass is 9.70. The molecule has 6 nitrogen and oxygen atoms in total. The van der Waals surface area contributed by atoms with Gasteiger partial charge in [-0.3, -0.25) is 14.6 Å². The lowest BCUT2D eigenvalue weighted by Crippen LogP contribution is -2.29. The molecule has 2 aliphatic rings. The number of benzene rings is 7. The molecule has 0 fully saturated rings. The predicted molar refractivity (Wildman–Crippen MR) is 220 cm³/mol. The van der Waals surface area contributed by atoms with Crippen molar-refractivity contribution in [2.75, 3.05) is 0 Å². The second-order valence-electron chi connectivity index (χ2n) is 14.4. The molecular formula is C49H28N4O2. The first-order chi connectivity index (χ1) is 27.1. The Kier molecular flexibility index (Phi) is 5.91. The molecule has 3 heterocycles. The zero-order chi connectivity index (χ0) is 36.4. The Labute approximate surface area is 313 Å². The molecule has 7 aromatic carbocycles. The van der Waals surface area contributed by atoms with E-state index in [0.717, 1.165) is 44.2 Å². The average Bonchev–Trinajstić information content (AvgIpc) is 3.82. The van der Waals surface area contributed by atoms with Crippen molar-refractivity contribution in [2.45, 2.75) is 5.41 Å². The van der Waals surface area contributed by atoms with Gasteiger partial charge in [0.25, 0.3) is 11.1 Å². The first-order valence-corrected chi connectivity index (χ1v) is 18.4. The number of hydrogen-bond donors (Lipinski definition) is 0. The number of para-hydroxylation sites is 2. The Bertz CT molecular complexity index is 3380. The fraction of sp³-hybridized carbons (Fsp3) is 0.0204. The fourth-order valence-corrected chi connectivity index (χ4v) is 9.76. The molecule has 256 valence electrons. The molecule has 0 bridgehead atoms. The number of aromatic nitrogens is 4. The number of hydrogen-bond acceptors (Lipinski definition) is 4. The molecule has 0 saturated carbocycles. The van der Waals surface area contributed by atoms with Crippen LogP contribution in [0.5, 0.6) is 0 Å². The summed E-state index contributed by atoms with van der Waals surface area (Å²) in [4.78, 5) is 38.9. The van der Waals surface area contributed by atoms with Crippen LogP contribution >= 0.6 is 0 Å². The highest BCUT2D eigenvalue weighted by molar-refractivity contribution is 6.18. The summed E-state index contributed by atoms with van der Waals surface area (Å²) >= 11 is 0. The molecule has 0 N–H and O–H groups in total. The van der Waals surface area contributed by atoms with Gasteiger partial charge in [-0.15, -0.1) is 0 Å². The molecule has 10 aromatic rings. The third-order valence-corrected chi connectivity index (χ3v) is 11.9. The summed E-state index contributed by atoms with van der Waals surface area (Å²) in [7, 11) is 0. The van der Waals surface area contributed by atoms with E-state index in [-0.39, 0.29) is 5.82 Å². The second kappa shape index (κ2) is 10.8. The molecule has 55 heavy (non-hydrogen) atoms. The highest BCUT2D eigenvalue weighted by Crippen LogP contribution is 2.63. The largest absolute Gasteiger partial charge is 0.309 e. The van der Waals surface area contributed by atoms with E-state index in [2.05, 4.69) is 124 Å². The van der Waals surface area contributed by atoms with E-state index in [1.807, 2.05) is 42.5 Å². The Balaban J connectivity index is 1.31. The molecule has 0 saturated heterocycles. The molecular weight excluding hydrogens is 677 g/mol. The SMILES string of the molecule is O=c1c2cc3c(cc2c2cc4c5ccccc5n(-c5ccccc5)c4cc2c(=O)n1-c1cnccn1)C1(c2ccccc2-c2ccccc21)c1ccccc1-3. The molecule has 1 spiro atoms. The van der Waals surface area contributed by atoms with Crippen molar-refractivity contribution in [2.24, 2.45) is 0 Å². The van der Waals surface area contributed by atoms with Gasteiger partial charge >= 0.3 is 0 Å². The van der Waals surface area contributed by atoms with Crippen LogP contribution in [0.2, 0.25) is 0 Å². The van der Waals surface area contributed by atoms with Gasteiger partial charge in [-0.2, -0.15) is 0 Å². The number of nitrogens with zero attached hydrogens (tertiary/aromatic N) is 4. The molecule has 0 unspecified atom stereocenters. The quantitative estimate of drug-likeness (QED) is 0.180. The standard InChI is InChI=1S/C49H28N4O2/c54-47-38-25-36-32-16-6-10-20-42(32)49(40-18-8-4-14-30(40)31-15-5-9-19-41(31)49)43(36)26-35(38)34-24-37-33-17-7-11-21-44(33)52(29-12-2-1-3-13-29)45(37)27-39(34)48(55)53(47)46-28-50-22-23-51-46/h1-28H. The van der Waals surface area contributed by atoms with Crippen LogP contribution in [0.3, 0.4) is 0 Å². The monoisotopic (exact) mass is 704 g/mol. The summed E-state index contributed by atoms with van der Waals surface area (Å²) < 4.78 is 3.39. The van der Waals surface area contributed by atoms with Crippen molar-refractivity contribution in [1.82, 2.24) is 19.1 Å². The van der Waals surface area contributed by atoms with E-state index in [1.165, 1.54) is 44.8 Å². The van der Waals surface area contributed by atoms with Crippen LogP contribution in [0, 0.1) is 0 Å². The van der Waals surface area contributed by atoms with Gasteiger partial charge < -0.3 is 4.57 Å². The average molecular weight is 705 g/mol. The van der Waals surface area contributed by atoms with Gasteiger partial charge in [-0.1, -0.05) is 109 Å². The Morgan fingerprint density at radius 1 is 0.418 bits per heavy atom. The van der Waals surface area contributed by atoms with Crippen LogP contribution in [0.4, 0.5) is 0 Å². The van der Waals surface area contributed by atoms with Gasteiger partial charge in [-0.25, -0.2) is 9.55 Å². The molecule has 0 radical (unpaired) electrons. The Morgan fingerprint density at radius 3 is 1.67 bits per heavy atom. The van der Waals surface area contributed by atoms with E-state index in [1.54, 1.807) is 6.20 Å². The van der Waals surface area contributed by atoms with E-state index in [9.17, 15) is 0 Å². The molecule has 0 atom stereocenters. The summed E-state index contributed by atoms with van der Waals surface area (Å²) in [5.74, 6) is 0.177. The van der Waals surface area contributed by atoms with Crippen LogP contribution in [0.1, 0.15) is 22.3 Å². The molecule has 0 aliphatic heterocycles.